The molecule has 1 aliphatic heterocycles. The van der Waals surface area contributed by atoms with Crippen LogP contribution in [0.4, 0.5) is 0 Å². The minimum atomic E-state index is 0.0365. The van der Waals surface area contributed by atoms with Gasteiger partial charge in [-0.2, -0.15) is 0 Å². The summed E-state index contributed by atoms with van der Waals surface area (Å²) in [7, 11) is 3.28. The van der Waals surface area contributed by atoms with Gasteiger partial charge in [0.1, 0.15) is 18.9 Å². The van der Waals surface area contributed by atoms with Gasteiger partial charge in [-0.05, 0) is 48.0 Å². The highest BCUT2D eigenvalue weighted by Gasteiger charge is 2.22. The van der Waals surface area contributed by atoms with E-state index in [4.69, 9.17) is 14.2 Å². The van der Waals surface area contributed by atoms with Crippen molar-refractivity contribution in [3.8, 4) is 17.2 Å². The first-order chi connectivity index (χ1) is 15.1. The fourth-order valence-corrected chi connectivity index (χ4v) is 3.58. The molecule has 1 heterocycles. The predicted octanol–water partition coefficient (Wildman–Crippen LogP) is 2.21. The predicted molar refractivity (Wildman–Crippen MR) is 122 cm³/mol. The quantitative estimate of drug-likeness (QED) is 0.496. The first-order valence-corrected chi connectivity index (χ1v) is 10.5. The highest BCUT2D eigenvalue weighted by atomic mass is 16.5. The summed E-state index contributed by atoms with van der Waals surface area (Å²) in [6.45, 7) is 8.41. The topological polar surface area (TPSA) is 52.4 Å². The molecule has 1 saturated heterocycles. The van der Waals surface area contributed by atoms with Gasteiger partial charge in [-0.25, -0.2) is 0 Å². The van der Waals surface area contributed by atoms with E-state index in [9.17, 15) is 4.79 Å². The number of carbonyl (C=O) groups excluding carboxylic acids is 1. The smallest absolute Gasteiger partial charge is 0.246 e. The fraction of sp³-hybridized carbons (Fsp3) is 0.320. The second kappa shape index (κ2) is 11.2. The van der Waals surface area contributed by atoms with Crippen LogP contribution in [0.5, 0.6) is 17.2 Å². The van der Waals surface area contributed by atoms with Crippen molar-refractivity contribution >= 4 is 12.0 Å². The van der Waals surface area contributed by atoms with E-state index in [0.29, 0.717) is 18.1 Å². The molecule has 2 aromatic carbocycles. The highest BCUT2D eigenvalue weighted by Crippen LogP contribution is 2.28. The molecule has 0 saturated carbocycles. The normalized spacial score (nSPS) is 14.5. The van der Waals surface area contributed by atoms with Gasteiger partial charge in [-0.15, -0.1) is 0 Å². The molecule has 1 amide bonds. The minimum Gasteiger partial charge on any atom is -0.497 e. The molecule has 2 aromatic rings. The second-order valence-corrected chi connectivity index (χ2v) is 7.44. The summed E-state index contributed by atoms with van der Waals surface area (Å²) in [5.41, 5.74) is 2.17. The number of hydrogen-bond acceptors (Lipinski definition) is 4. The molecule has 1 N–H and O–H groups in total. The number of nitrogens with one attached hydrogen (secondary N) is 1. The molecular formula is C25H31N2O4+. The summed E-state index contributed by atoms with van der Waals surface area (Å²) < 4.78 is 16.2. The molecule has 3 rings (SSSR count). The van der Waals surface area contributed by atoms with Crippen molar-refractivity contribution in [1.82, 2.24) is 4.90 Å². The maximum Gasteiger partial charge on any atom is 0.246 e. The summed E-state index contributed by atoms with van der Waals surface area (Å²) >= 11 is 0. The van der Waals surface area contributed by atoms with Crippen LogP contribution in [0.1, 0.15) is 11.1 Å². The van der Waals surface area contributed by atoms with E-state index in [0.717, 1.165) is 44.0 Å². The Morgan fingerprint density at radius 2 is 1.81 bits per heavy atom. The Bertz CT molecular complexity index is 900. The molecular weight excluding hydrogens is 392 g/mol. The second-order valence-electron chi connectivity index (χ2n) is 7.44. The van der Waals surface area contributed by atoms with Crippen LogP contribution in [0, 0.1) is 0 Å². The van der Waals surface area contributed by atoms with E-state index in [1.807, 2.05) is 41.3 Å². The Morgan fingerprint density at radius 3 is 2.45 bits per heavy atom. The van der Waals surface area contributed by atoms with E-state index in [1.54, 1.807) is 26.4 Å². The summed E-state index contributed by atoms with van der Waals surface area (Å²) in [6.07, 6.45) is 5.14. The maximum atomic E-state index is 12.6. The SMILES string of the molecule is C=CCOc1ccc(/C=C/C(=O)N2CC[NH+](Cc3ccc(OC)cc3)CC2)cc1OC. The number of amides is 1. The summed E-state index contributed by atoms with van der Waals surface area (Å²) in [5, 5.41) is 0. The number of piperazine rings is 1. The molecule has 1 aliphatic rings. The van der Waals surface area contributed by atoms with Crippen LogP contribution in [0.2, 0.25) is 0 Å². The van der Waals surface area contributed by atoms with Crippen molar-refractivity contribution in [2.24, 2.45) is 0 Å². The van der Waals surface area contributed by atoms with Gasteiger partial charge in [0, 0.05) is 11.6 Å². The zero-order valence-electron chi connectivity index (χ0n) is 18.3. The van der Waals surface area contributed by atoms with Gasteiger partial charge in [-0.1, -0.05) is 18.7 Å². The third kappa shape index (κ3) is 6.36. The molecule has 164 valence electrons. The molecule has 0 atom stereocenters. The molecule has 0 aromatic heterocycles. The Balaban J connectivity index is 1.51. The van der Waals surface area contributed by atoms with Crippen molar-refractivity contribution in [1.29, 1.82) is 0 Å². The number of quaternary nitrogens is 1. The van der Waals surface area contributed by atoms with Gasteiger partial charge >= 0.3 is 0 Å². The summed E-state index contributed by atoms with van der Waals surface area (Å²) in [4.78, 5) is 16.0. The molecule has 6 heteroatoms. The average Bonchev–Trinajstić information content (AvgIpc) is 2.82. The van der Waals surface area contributed by atoms with Gasteiger partial charge in [0.25, 0.3) is 0 Å². The Hall–Kier alpha value is -3.25. The van der Waals surface area contributed by atoms with Crippen molar-refractivity contribution < 1.29 is 23.9 Å². The molecule has 0 unspecified atom stereocenters. The molecule has 1 fully saturated rings. The zero-order chi connectivity index (χ0) is 22.1. The standard InChI is InChI=1S/C25H30N2O4/c1-4-17-31-23-11-7-20(18-24(23)30-3)8-12-25(28)27-15-13-26(14-16-27)19-21-5-9-22(29-2)10-6-21/h4-12,18H,1,13-17,19H2,2-3H3/p+1/b12-8+. The summed E-state index contributed by atoms with van der Waals surface area (Å²) in [6, 6.07) is 13.8. The number of methoxy groups -OCH3 is 2. The van der Waals surface area contributed by atoms with Crippen LogP contribution in [0.3, 0.4) is 0 Å². The van der Waals surface area contributed by atoms with Crippen molar-refractivity contribution in [3.05, 3.63) is 72.3 Å². The van der Waals surface area contributed by atoms with Crippen LogP contribution in [0.25, 0.3) is 6.08 Å². The Kier molecular flexibility index (Phi) is 8.12. The van der Waals surface area contributed by atoms with Gasteiger partial charge < -0.3 is 24.0 Å². The van der Waals surface area contributed by atoms with Crippen LogP contribution in [-0.2, 0) is 11.3 Å². The first-order valence-electron chi connectivity index (χ1n) is 10.5. The van der Waals surface area contributed by atoms with Crippen molar-refractivity contribution in [2.75, 3.05) is 47.0 Å². The van der Waals surface area contributed by atoms with Gasteiger partial charge in [0.15, 0.2) is 11.5 Å². The highest BCUT2D eigenvalue weighted by molar-refractivity contribution is 5.91. The number of carbonyl (C=O) groups is 1. The lowest BCUT2D eigenvalue weighted by Crippen LogP contribution is -3.13. The van der Waals surface area contributed by atoms with Crippen molar-refractivity contribution in [3.63, 3.8) is 0 Å². The van der Waals surface area contributed by atoms with Gasteiger partial charge in [0.2, 0.25) is 5.91 Å². The largest absolute Gasteiger partial charge is 0.497 e. The van der Waals surface area contributed by atoms with Crippen LogP contribution in [-0.4, -0.2) is 57.8 Å². The van der Waals surface area contributed by atoms with E-state index in [-0.39, 0.29) is 5.91 Å². The lowest BCUT2D eigenvalue weighted by atomic mass is 10.1. The molecule has 0 bridgehead atoms. The third-order valence-corrected chi connectivity index (χ3v) is 5.36. The zero-order valence-corrected chi connectivity index (χ0v) is 18.3. The van der Waals surface area contributed by atoms with Crippen molar-refractivity contribution in [2.45, 2.75) is 6.54 Å². The van der Waals surface area contributed by atoms with Crippen LogP contribution < -0.4 is 19.1 Å². The molecule has 31 heavy (non-hydrogen) atoms. The third-order valence-electron chi connectivity index (χ3n) is 5.36. The summed E-state index contributed by atoms with van der Waals surface area (Å²) in [5.74, 6) is 2.20. The van der Waals surface area contributed by atoms with Crippen LogP contribution >= 0.6 is 0 Å². The minimum absolute atomic E-state index is 0.0365. The monoisotopic (exact) mass is 423 g/mol. The lowest BCUT2D eigenvalue weighted by Gasteiger charge is -2.31. The van der Waals surface area contributed by atoms with E-state index in [2.05, 4.69) is 18.7 Å². The fourth-order valence-electron chi connectivity index (χ4n) is 3.58. The number of rotatable bonds is 9. The molecule has 0 spiro atoms. The van der Waals surface area contributed by atoms with Crippen LogP contribution in [0.15, 0.2) is 61.2 Å². The maximum absolute atomic E-state index is 12.6. The van der Waals surface area contributed by atoms with E-state index < -0.39 is 0 Å². The van der Waals surface area contributed by atoms with E-state index >= 15 is 0 Å². The Morgan fingerprint density at radius 1 is 1.06 bits per heavy atom. The molecule has 0 radical (unpaired) electrons. The van der Waals surface area contributed by atoms with Gasteiger partial charge in [-0.3, -0.25) is 4.79 Å². The first kappa shape index (κ1) is 22.4. The van der Waals surface area contributed by atoms with Gasteiger partial charge in [0.05, 0.1) is 40.4 Å². The number of benzene rings is 2. The van der Waals surface area contributed by atoms with E-state index in [1.165, 1.54) is 10.5 Å². The average molecular weight is 424 g/mol. The Labute approximate surface area is 184 Å². The number of ether oxygens (including phenoxy) is 3. The lowest BCUT2D eigenvalue weighted by molar-refractivity contribution is -0.917. The molecule has 6 nitrogen and oxygen atoms in total. The molecule has 0 aliphatic carbocycles. The number of nitrogens with zero attached hydrogens (tertiary/aromatic N) is 1. The number of hydrogen-bond donors (Lipinski definition) is 1.